The fourth-order valence-corrected chi connectivity index (χ4v) is 1.44. The van der Waals surface area contributed by atoms with Crippen LogP contribution < -0.4 is 4.74 Å². The van der Waals surface area contributed by atoms with Crippen molar-refractivity contribution in [2.75, 3.05) is 6.86 Å². The number of halogens is 1. The van der Waals surface area contributed by atoms with E-state index in [1.165, 1.54) is 12.3 Å². The van der Waals surface area contributed by atoms with Gasteiger partial charge in [-0.1, -0.05) is 0 Å². The maximum Gasteiger partial charge on any atom is 0.337 e. The Labute approximate surface area is 84.3 Å². The number of aromatic amines is 1. The number of alkyl halides is 1. The molecule has 0 bridgehead atoms. The molecule has 4 nitrogen and oxygen atoms in total. The zero-order valence-corrected chi connectivity index (χ0v) is 7.66. The Balaban J connectivity index is 2.51. The van der Waals surface area contributed by atoms with Crippen molar-refractivity contribution < 1.29 is 19.0 Å². The van der Waals surface area contributed by atoms with Crippen LogP contribution in [-0.2, 0) is 0 Å². The number of carboxylic acid groups (broad SMARTS) is 1. The number of rotatable bonds is 3. The normalized spacial score (nSPS) is 10.5. The van der Waals surface area contributed by atoms with E-state index in [0.29, 0.717) is 16.7 Å². The van der Waals surface area contributed by atoms with E-state index in [-0.39, 0.29) is 5.56 Å². The molecule has 0 unspecified atom stereocenters. The van der Waals surface area contributed by atoms with Crippen molar-refractivity contribution in [3.8, 4) is 5.75 Å². The zero-order valence-electron chi connectivity index (χ0n) is 7.66. The molecule has 0 amide bonds. The lowest BCUT2D eigenvalue weighted by Crippen LogP contribution is -1.93. The van der Waals surface area contributed by atoms with E-state index in [0.717, 1.165) is 0 Å². The van der Waals surface area contributed by atoms with E-state index in [1.54, 1.807) is 12.1 Å². The molecule has 0 aliphatic rings. The molecule has 0 aliphatic carbocycles. The summed E-state index contributed by atoms with van der Waals surface area (Å²) in [6.07, 6.45) is 1.40. The maximum absolute atomic E-state index is 11.9. The van der Waals surface area contributed by atoms with Crippen LogP contribution in [0.25, 0.3) is 10.9 Å². The molecule has 2 aromatic rings. The third kappa shape index (κ3) is 1.63. The number of fused-ring (bicyclic) bond motifs is 1. The number of hydrogen-bond donors (Lipinski definition) is 2. The largest absolute Gasteiger partial charge is 0.478 e. The molecule has 2 rings (SSSR count). The Morgan fingerprint density at radius 1 is 1.53 bits per heavy atom. The first kappa shape index (κ1) is 9.51. The molecule has 0 radical (unpaired) electrons. The van der Waals surface area contributed by atoms with E-state index in [1.807, 2.05) is 0 Å². The van der Waals surface area contributed by atoms with Gasteiger partial charge in [0.2, 0.25) is 6.86 Å². The van der Waals surface area contributed by atoms with Crippen LogP contribution >= 0.6 is 0 Å². The van der Waals surface area contributed by atoms with Crippen LogP contribution in [0.2, 0.25) is 0 Å². The van der Waals surface area contributed by atoms with Crippen molar-refractivity contribution in [1.29, 1.82) is 0 Å². The summed E-state index contributed by atoms with van der Waals surface area (Å²) in [6, 6.07) is 4.67. The van der Waals surface area contributed by atoms with Crippen molar-refractivity contribution in [3.05, 3.63) is 30.0 Å². The molecule has 0 saturated heterocycles. The second kappa shape index (κ2) is 3.61. The number of nitrogens with one attached hydrogen (secondary N) is 1. The highest BCUT2D eigenvalue weighted by Gasteiger charge is 2.10. The molecular weight excluding hydrogens is 201 g/mol. The van der Waals surface area contributed by atoms with E-state index in [4.69, 9.17) is 5.11 Å². The van der Waals surface area contributed by atoms with Gasteiger partial charge in [-0.05, 0) is 12.1 Å². The average Bonchev–Trinajstić information content (AvgIpc) is 2.61. The molecule has 15 heavy (non-hydrogen) atoms. The Hall–Kier alpha value is -2.04. The Morgan fingerprint density at radius 2 is 2.33 bits per heavy atom. The lowest BCUT2D eigenvalue weighted by atomic mass is 10.2. The minimum Gasteiger partial charge on any atom is -0.478 e. The van der Waals surface area contributed by atoms with Crippen LogP contribution in [0.15, 0.2) is 24.4 Å². The van der Waals surface area contributed by atoms with Gasteiger partial charge in [-0.15, -0.1) is 0 Å². The number of ether oxygens (including phenoxy) is 1. The zero-order chi connectivity index (χ0) is 10.8. The summed E-state index contributed by atoms with van der Waals surface area (Å²) in [7, 11) is 0. The number of benzene rings is 1. The third-order valence-electron chi connectivity index (χ3n) is 2.10. The standard InChI is InChI=1S/C10H8FNO3/c11-5-15-6-1-2-7-8(10(13)14)4-12-9(7)3-6/h1-4,12H,5H2,(H,13,14). The second-order valence-corrected chi connectivity index (χ2v) is 2.97. The summed E-state index contributed by atoms with van der Waals surface area (Å²) < 4.78 is 16.5. The molecule has 1 aromatic carbocycles. The van der Waals surface area contributed by atoms with Gasteiger partial charge in [0.25, 0.3) is 0 Å². The fraction of sp³-hybridized carbons (Fsp3) is 0.100. The van der Waals surface area contributed by atoms with E-state index in [2.05, 4.69) is 9.72 Å². The fourth-order valence-electron chi connectivity index (χ4n) is 1.44. The van der Waals surface area contributed by atoms with Gasteiger partial charge in [0.15, 0.2) is 0 Å². The van der Waals surface area contributed by atoms with Crippen molar-refractivity contribution in [2.24, 2.45) is 0 Å². The molecule has 1 aromatic heterocycles. The van der Waals surface area contributed by atoms with Gasteiger partial charge < -0.3 is 14.8 Å². The number of carboxylic acids is 1. The number of carbonyl (C=O) groups is 1. The maximum atomic E-state index is 11.9. The highest BCUT2D eigenvalue weighted by atomic mass is 19.1. The molecule has 0 spiro atoms. The van der Waals surface area contributed by atoms with Gasteiger partial charge in [-0.2, -0.15) is 0 Å². The first-order chi connectivity index (χ1) is 7.22. The lowest BCUT2D eigenvalue weighted by Gasteiger charge is -2.00. The number of H-pyrrole nitrogens is 1. The van der Waals surface area contributed by atoms with Crippen LogP contribution in [0, 0.1) is 0 Å². The molecule has 0 aliphatic heterocycles. The van der Waals surface area contributed by atoms with Gasteiger partial charge in [-0.3, -0.25) is 0 Å². The monoisotopic (exact) mass is 209 g/mol. The average molecular weight is 209 g/mol. The number of aromatic carboxylic acids is 1. The van der Waals surface area contributed by atoms with Gasteiger partial charge in [0.05, 0.1) is 5.56 Å². The minimum atomic E-state index is -1.000. The van der Waals surface area contributed by atoms with Gasteiger partial charge in [0, 0.05) is 23.2 Å². The highest BCUT2D eigenvalue weighted by Crippen LogP contribution is 2.23. The number of hydrogen-bond acceptors (Lipinski definition) is 2. The lowest BCUT2D eigenvalue weighted by molar-refractivity contribution is 0.0699. The Bertz CT molecular complexity index is 506. The van der Waals surface area contributed by atoms with E-state index in [9.17, 15) is 9.18 Å². The SMILES string of the molecule is O=C(O)c1c[nH]c2cc(OCF)ccc12. The predicted octanol–water partition coefficient (Wildman–Crippen LogP) is 2.17. The van der Waals surface area contributed by atoms with Gasteiger partial charge in [0.1, 0.15) is 5.75 Å². The highest BCUT2D eigenvalue weighted by molar-refractivity contribution is 6.03. The van der Waals surface area contributed by atoms with Crippen molar-refractivity contribution >= 4 is 16.9 Å². The van der Waals surface area contributed by atoms with Crippen LogP contribution in [0.3, 0.4) is 0 Å². The molecule has 5 heteroatoms. The first-order valence-corrected chi connectivity index (χ1v) is 4.25. The molecule has 1 heterocycles. The summed E-state index contributed by atoms with van der Waals surface area (Å²) in [5.74, 6) is -0.635. The topological polar surface area (TPSA) is 62.3 Å². The molecular formula is C10H8FNO3. The van der Waals surface area contributed by atoms with Gasteiger partial charge in [-0.25, -0.2) is 9.18 Å². The molecule has 0 saturated carbocycles. The molecule has 0 atom stereocenters. The molecule has 78 valence electrons. The summed E-state index contributed by atoms with van der Waals surface area (Å²) in [5.41, 5.74) is 0.801. The Kier molecular flexibility index (Phi) is 2.29. The van der Waals surface area contributed by atoms with E-state index >= 15 is 0 Å². The third-order valence-corrected chi connectivity index (χ3v) is 2.10. The summed E-state index contributed by atoms with van der Waals surface area (Å²) in [4.78, 5) is 13.6. The van der Waals surface area contributed by atoms with Gasteiger partial charge >= 0.3 is 5.97 Å². The smallest absolute Gasteiger partial charge is 0.337 e. The quantitative estimate of drug-likeness (QED) is 0.814. The van der Waals surface area contributed by atoms with Crippen LogP contribution in [-0.4, -0.2) is 22.9 Å². The predicted molar refractivity (Wildman–Crippen MR) is 51.9 cm³/mol. The number of aromatic nitrogens is 1. The van der Waals surface area contributed by atoms with Crippen LogP contribution in [0.5, 0.6) is 5.75 Å². The van der Waals surface area contributed by atoms with Crippen LogP contribution in [0.4, 0.5) is 4.39 Å². The summed E-state index contributed by atoms with van der Waals surface area (Å²) >= 11 is 0. The Morgan fingerprint density at radius 3 is 3.00 bits per heavy atom. The van der Waals surface area contributed by atoms with Crippen LogP contribution in [0.1, 0.15) is 10.4 Å². The van der Waals surface area contributed by atoms with E-state index < -0.39 is 12.8 Å². The minimum absolute atomic E-state index is 0.191. The summed E-state index contributed by atoms with van der Waals surface area (Å²) in [5, 5.41) is 9.41. The molecule has 0 fully saturated rings. The van der Waals surface area contributed by atoms with Crippen molar-refractivity contribution in [3.63, 3.8) is 0 Å². The summed E-state index contributed by atoms with van der Waals surface area (Å²) in [6.45, 7) is -0.905. The second-order valence-electron chi connectivity index (χ2n) is 2.97. The first-order valence-electron chi connectivity index (χ1n) is 4.25. The van der Waals surface area contributed by atoms with Crippen molar-refractivity contribution in [1.82, 2.24) is 4.98 Å². The van der Waals surface area contributed by atoms with Crippen molar-refractivity contribution in [2.45, 2.75) is 0 Å². The molecule has 2 N–H and O–H groups in total.